The summed E-state index contributed by atoms with van der Waals surface area (Å²) in [5.41, 5.74) is 8.24. The van der Waals surface area contributed by atoms with E-state index in [0.717, 1.165) is 21.3 Å². The lowest BCUT2D eigenvalue weighted by atomic mass is 10.1. The Balaban J connectivity index is 2.19. The molecule has 0 saturated heterocycles. The van der Waals surface area contributed by atoms with E-state index in [0.29, 0.717) is 17.2 Å². The smallest absolute Gasteiger partial charge is 0.124 e. The van der Waals surface area contributed by atoms with Gasteiger partial charge in [0.2, 0.25) is 0 Å². The second-order valence-corrected chi connectivity index (χ2v) is 6.00. The zero-order chi connectivity index (χ0) is 15.4. The maximum absolute atomic E-state index is 8.83. The van der Waals surface area contributed by atoms with Crippen LogP contribution in [0, 0.1) is 11.3 Å². The number of hydrogen-bond acceptors (Lipinski definition) is 3. The van der Waals surface area contributed by atoms with Crippen LogP contribution in [-0.4, -0.2) is 0 Å². The van der Waals surface area contributed by atoms with E-state index >= 15 is 0 Å². The fourth-order valence-corrected chi connectivity index (χ4v) is 2.51. The molecule has 0 saturated carbocycles. The van der Waals surface area contributed by atoms with E-state index in [2.05, 4.69) is 22.0 Å². The SMILES string of the molecule is C[C@@H](N)c1cc(Br)ccc1OCc1ccc(C#N)cc1Cl. The Kier molecular flexibility index (Phi) is 5.24. The number of nitrogens with two attached hydrogens (primary N) is 1. The zero-order valence-electron chi connectivity index (χ0n) is 11.4. The summed E-state index contributed by atoms with van der Waals surface area (Å²) in [4.78, 5) is 0. The molecule has 1 atom stereocenters. The number of halogens is 2. The van der Waals surface area contributed by atoms with Gasteiger partial charge in [0.25, 0.3) is 0 Å². The predicted octanol–water partition coefficient (Wildman–Crippen LogP) is 4.57. The van der Waals surface area contributed by atoms with Crippen molar-refractivity contribution in [3.05, 3.63) is 62.6 Å². The average Bonchev–Trinajstić information content (AvgIpc) is 2.46. The quantitative estimate of drug-likeness (QED) is 0.863. The van der Waals surface area contributed by atoms with E-state index in [-0.39, 0.29) is 6.04 Å². The standard InChI is InChI=1S/C16H14BrClN2O/c1-10(20)14-7-13(17)4-5-16(14)21-9-12-3-2-11(8-19)6-15(12)18/h2-7,10H,9,20H2,1H3/t10-/m1/s1. The van der Waals surface area contributed by atoms with Crippen LogP contribution in [0.2, 0.25) is 5.02 Å². The molecule has 0 heterocycles. The lowest BCUT2D eigenvalue weighted by Gasteiger charge is -2.15. The first-order chi connectivity index (χ1) is 10.0. The largest absolute Gasteiger partial charge is 0.489 e. The molecule has 21 heavy (non-hydrogen) atoms. The van der Waals surface area contributed by atoms with Gasteiger partial charge in [-0.2, -0.15) is 5.26 Å². The molecule has 0 amide bonds. The molecule has 108 valence electrons. The third kappa shape index (κ3) is 3.98. The van der Waals surface area contributed by atoms with Crippen LogP contribution < -0.4 is 10.5 Å². The average molecular weight is 366 g/mol. The highest BCUT2D eigenvalue weighted by atomic mass is 79.9. The Hall–Kier alpha value is -1.54. The minimum Gasteiger partial charge on any atom is -0.489 e. The Labute approximate surface area is 137 Å². The molecule has 0 bridgehead atoms. The van der Waals surface area contributed by atoms with Crippen LogP contribution in [-0.2, 0) is 6.61 Å². The van der Waals surface area contributed by atoms with Crippen LogP contribution in [0.4, 0.5) is 0 Å². The molecule has 5 heteroatoms. The minimum atomic E-state index is -0.131. The third-order valence-corrected chi connectivity index (χ3v) is 3.87. The molecular formula is C16H14BrClN2O. The van der Waals surface area contributed by atoms with Gasteiger partial charge < -0.3 is 10.5 Å². The molecule has 2 aromatic carbocycles. The highest BCUT2D eigenvalue weighted by molar-refractivity contribution is 9.10. The molecule has 0 radical (unpaired) electrons. The van der Waals surface area contributed by atoms with Crippen LogP contribution >= 0.6 is 27.5 Å². The molecule has 0 fully saturated rings. The maximum atomic E-state index is 8.83. The molecular weight excluding hydrogens is 352 g/mol. The van der Waals surface area contributed by atoms with Gasteiger partial charge in [0, 0.05) is 26.7 Å². The van der Waals surface area contributed by atoms with Crippen LogP contribution in [0.5, 0.6) is 5.75 Å². The second kappa shape index (κ2) is 6.95. The summed E-state index contributed by atoms with van der Waals surface area (Å²) in [6, 6.07) is 12.8. The van der Waals surface area contributed by atoms with Gasteiger partial charge >= 0.3 is 0 Å². The summed E-state index contributed by atoms with van der Waals surface area (Å²) in [7, 11) is 0. The summed E-state index contributed by atoms with van der Waals surface area (Å²) in [6.45, 7) is 2.23. The van der Waals surface area contributed by atoms with Gasteiger partial charge in [-0.15, -0.1) is 0 Å². The van der Waals surface area contributed by atoms with E-state index in [9.17, 15) is 0 Å². The van der Waals surface area contributed by atoms with Gasteiger partial charge in [-0.05, 0) is 37.3 Å². The van der Waals surface area contributed by atoms with Crippen molar-refractivity contribution >= 4 is 27.5 Å². The Morgan fingerprint density at radius 3 is 2.71 bits per heavy atom. The Bertz CT molecular complexity index is 695. The summed E-state index contributed by atoms with van der Waals surface area (Å²) in [5, 5.41) is 9.35. The van der Waals surface area contributed by atoms with Crippen molar-refractivity contribution in [3.63, 3.8) is 0 Å². The van der Waals surface area contributed by atoms with E-state index in [1.54, 1.807) is 18.2 Å². The van der Waals surface area contributed by atoms with Crippen molar-refractivity contribution in [3.8, 4) is 11.8 Å². The first kappa shape index (κ1) is 15.8. The minimum absolute atomic E-state index is 0.131. The van der Waals surface area contributed by atoms with Gasteiger partial charge in [0.15, 0.2) is 0 Å². The number of ether oxygens (including phenoxy) is 1. The lowest BCUT2D eigenvalue weighted by Crippen LogP contribution is -2.08. The molecule has 0 aliphatic carbocycles. The molecule has 0 aromatic heterocycles. The summed E-state index contributed by atoms with van der Waals surface area (Å²) < 4.78 is 6.78. The fraction of sp³-hybridized carbons (Fsp3) is 0.188. The van der Waals surface area contributed by atoms with E-state index < -0.39 is 0 Å². The summed E-state index contributed by atoms with van der Waals surface area (Å²) in [5.74, 6) is 0.730. The molecule has 0 aliphatic heterocycles. The number of nitriles is 1. The predicted molar refractivity (Wildman–Crippen MR) is 87.2 cm³/mol. The van der Waals surface area contributed by atoms with Crippen LogP contribution in [0.25, 0.3) is 0 Å². The molecule has 0 unspecified atom stereocenters. The van der Waals surface area contributed by atoms with Gasteiger partial charge in [-0.1, -0.05) is 33.6 Å². The first-order valence-corrected chi connectivity index (χ1v) is 7.54. The maximum Gasteiger partial charge on any atom is 0.124 e. The molecule has 2 rings (SSSR count). The van der Waals surface area contributed by atoms with Crippen LogP contribution in [0.1, 0.15) is 29.7 Å². The molecule has 2 N–H and O–H groups in total. The number of benzene rings is 2. The van der Waals surface area contributed by atoms with Gasteiger partial charge in [-0.25, -0.2) is 0 Å². The zero-order valence-corrected chi connectivity index (χ0v) is 13.8. The summed E-state index contributed by atoms with van der Waals surface area (Å²) >= 11 is 9.56. The Morgan fingerprint density at radius 2 is 2.10 bits per heavy atom. The number of hydrogen-bond donors (Lipinski definition) is 1. The van der Waals surface area contributed by atoms with Crippen molar-refractivity contribution < 1.29 is 4.74 Å². The van der Waals surface area contributed by atoms with E-state index in [4.69, 9.17) is 27.3 Å². The third-order valence-electron chi connectivity index (χ3n) is 3.03. The number of nitrogens with zero attached hydrogens (tertiary/aromatic N) is 1. The van der Waals surface area contributed by atoms with Crippen molar-refractivity contribution in [2.45, 2.75) is 19.6 Å². The highest BCUT2D eigenvalue weighted by Crippen LogP contribution is 2.29. The molecule has 3 nitrogen and oxygen atoms in total. The topological polar surface area (TPSA) is 59.0 Å². The molecule has 2 aromatic rings. The number of rotatable bonds is 4. The van der Waals surface area contributed by atoms with Crippen molar-refractivity contribution in [2.24, 2.45) is 5.73 Å². The van der Waals surface area contributed by atoms with Crippen molar-refractivity contribution in [1.29, 1.82) is 5.26 Å². The normalized spacial score (nSPS) is 11.8. The van der Waals surface area contributed by atoms with Crippen molar-refractivity contribution in [1.82, 2.24) is 0 Å². The second-order valence-electron chi connectivity index (χ2n) is 4.68. The Morgan fingerprint density at radius 1 is 1.33 bits per heavy atom. The monoisotopic (exact) mass is 364 g/mol. The highest BCUT2D eigenvalue weighted by Gasteiger charge is 2.10. The van der Waals surface area contributed by atoms with E-state index in [1.165, 1.54) is 0 Å². The molecule has 0 aliphatic rings. The van der Waals surface area contributed by atoms with E-state index in [1.807, 2.05) is 25.1 Å². The first-order valence-electron chi connectivity index (χ1n) is 6.37. The van der Waals surface area contributed by atoms with Crippen molar-refractivity contribution in [2.75, 3.05) is 0 Å². The summed E-state index contributed by atoms with van der Waals surface area (Å²) in [6.07, 6.45) is 0. The van der Waals surface area contributed by atoms with Crippen LogP contribution in [0.3, 0.4) is 0 Å². The van der Waals surface area contributed by atoms with Gasteiger partial charge in [0.05, 0.1) is 11.6 Å². The lowest BCUT2D eigenvalue weighted by molar-refractivity contribution is 0.301. The molecule has 0 spiro atoms. The van der Waals surface area contributed by atoms with Gasteiger partial charge in [-0.3, -0.25) is 0 Å². The fourth-order valence-electron chi connectivity index (χ4n) is 1.90. The van der Waals surface area contributed by atoms with Crippen LogP contribution in [0.15, 0.2) is 40.9 Å². The van der Waals surface area contributed by atoms with Gasteiger partial charge in [0.1, 0.15) is 12.4 Å².